The molecule has 5 N–H and O–H groups in total. The Hall–Kier alpha value is -2.61. The zero-order valence-corrected chi connectivity index (χ0v) is 17.1. The fourth-order valence-electron chi connectivity index (χ4n) is 3.06. The summed E-state index contributed by atoms with van der Waals surface area (Å²) in [7, 11) is 0. The molecule has 1 atom stereocenters. The van der Waals surface area contributed by atoms with Crippen molar-refractivity contribution in [3.63, 3.8) is 0 Å². The fraction of sp³-hybridized carbons (Fsp3) is 0.435. The van der Waals surface area contributed by atoms with E-state index in [9.17, 15) is 25.2 Å². The maximum atomic E-state index is 11.8. The van der Waals surface area contributed by atoms with Gasteiger partial charge in [0.15, 0.2) is 0 Å². The number of aliphatic hydroxyl groups is 2. The second-order valence-corrected chi connectivity index (χ2v) is 7.22. The Balaban J connectivity index is 1.50. The average molecular weight is 418 g/mol. The Morgan fingerprint density at radius 1 is 1.07 bits per heavy atom. The molecule has 7 heteroatoms. The number of carbonyl (C=O) groups excluding carboxylic acids is 1. The van der Waals surface area contributed by atoms with E-state index >= 15 is 0 Å². The molecule has 2 aromatic carbocycles. The molecule has 0 saturated heterocycles. The van der Waals surface area contributed by atoms with Gasteiger partial charge in [-0.3, -0.25) is 4.79 Å². The summed E-state index contributed by atoms with van der Waals surface area (Å²) >= 11 is 0. The summed E-state index contributed by atoms with van der Waals surface area (Å²) in [4.78, 5) is 11.8. The second-order valence-electron chi connectivity index (χ2n) is 7.22. The first-order chi connectivity index (χ1) is 14.5. The maximum absolute atomic E-state index is 11.8. The third-order valence-electron chi connectivity index (χ3n) is 4.80. The zero-order valence-electron chi connectivity index (χ0n) is 17.1. The molecule has 0 saturated carbocycles. The van der Waals surface area contributed by atoms with Crippen LogP contribution in [-0.2, 0) is 22.6 Å². The van der Waals surface area contributed by atoms with Crippen molar-refractivity contribution in [2.75, 3.05) is 19.7 Å². The molecule has 164 valence electrons. The summed E-state index contributed by atoms with van der Waals surface area (Å²) in [5.41, 5.74) is 1.95. The number of aromatic hydroxyl groups is 2. The minimum absolute atomic E-state index is 0.0132. The molecule has 2 rings (SSSR count). The first-order valence-electron chi connectivity index (χ1n) is 10.2. The highest BCUT2D eigenvalue weighted by molar-refractivity contribution is 5.69. The van der Waals surface area contributed by atoms with Crippen LogP contribution < -0.4 is 5.32 Å². The zero-order chi connectivity index (χ0) is 21.8. The topological polar surface area (TPSA) is 119 Å². The molecular weight excluding hydrogens is 386 g/mol. The normalized spacial score (nSPS) is 11.9. The number of nitrogens with one attached hydrogen (secondary N) is 1. The van der Waals surface area contributed by atoms with Crippen molar-refractivity contribution in [1.82, 2.24) is 5.32 Å². The minimum Gasteiger partial charge on any atom is -0.508 e. The van der Waals surface area contributed by atoms with E-state index in [2.05, 4.69) is 5.32 Å². The molecule has 0 aliphatic heterocycles. The van der Waals surface area contributed by atoms with E-state index < -0.39 is 6.10 Å². The summed E-state index contributed by atoms with van der Waals surface area (Å²) in [5, 5.41) is 41.5. The van der Waals surface area contributed by atoms with Gasteiger partial charge in [0.05, 0.1) is 19.3 Å². The number of unbranched alkanes of at least 4 members (excludes halogenated alkanes) is 2. The first-order valence-corrected chi connectivity index (χ1v) is 10.2. The van der Waals surface area contributed by atoms with Gasteiger partial charge in [-0.2, -0.15) is 0 Å². The Labute approximate surface area is 177 Å². The van der Waals surface area contributed by atoms with Crippen LogP contribution in [-0.4, -0.2) is 46.1 Å². The maximum Gasteiger partial charge on any atom is 0.305 e. The molecule has 0 aliphatic carbocycles. The van der Waals surface area contributed by atoms with Gasteiger partial charge in [-0.25, -0.2) is 0 Å². The molecule has 0 radical (unpaired) electrons. The number of rotatable bonds is 13. The van der Waals surface area contributed by atoms with Crippen LogP contribution in [0, 0.1) is 0 Å². The number of phenols is 2. The molecule has 0 bridgehead atoms. The van der Waals surface area contributed by atoms with Crippen molar-refractivity contribution in [3.05, 3.63) is 59.2 Å². The number of aliphatic hydroxyl groups excluding tert-OH is 2. The molecule has 0 aromatic heterocycles. The van der Waals surface area contributed by atoms with Gasteiger partial charge in [0.2, 0.25) is 0 Å². The average Bonchev–Trinajstić information content (AvgIpc) is 2.73. The van der Waals surface area contributed by atoms with Crippen molar-refractivity contribution in [3.8, 4) is 11.5 Å². The smallest absolute Gasteiger partial charge is 0.305 e. The highest BCUT2D eigenvalue weighted by atomic mass is 16.5. The van der Waals surface area contributed by atoms with E-state index in [0.29, 0.717) is 43.7 Å². The van der Waals surface area contributed by atoms with E-state index in [-0.39, 0.29) is 24.1 Å². The second kappa shape index (κ2) is 12.8. The number of phenolic OH excluding ortho intramolecular Hbond substituents is 1. The van der Waals surface area contributed by atoms with Gasteiger partial charge in [0.25, 0.3) is 0 Å². The minimum atomic E-state index is -0.725. The molecule has 0 heterocycles. The largest absolute Gasteiger partial charge is 0.508 e. The molecule has 0 fully saturated rings. The van der Waals surface area contributed by atoms with Crippen LogP contribution in [0.25, 0.3) is 0 Å². The van der Waals surface area contributed by atoms with E-state index in [4.69, 9.17) is 4.74 Å². The number of hydrogen-bond donors (Lipinski definition) is 5. The highest BCUT2D eigenvalue weighted by Gasteiger charge is 2.10. The van der Waals surface area contributed by atoms with Crippen molar-refractivity contribution in [2.45, 2.75) is 44.8 Å². The van der Waals surface area contributed by atoms with Gasteiger partial charge in [-0.1, -0.05) is 24.6 Å². The molecule has 0 amide bonds. The summed E-state index contributed by atoms with van der Waals surface area (Å²) in [6.45, 7) is 1.11. The monoisotopic (exact) mass is 417 g/mol. The Kier molecular flexibility index (Phi) is 10.1. The van der Waals surface area contributed by atoms with Crippen molar-refractivity contribution in [1.29, 1.82) is 0 Å². The Morgan fingerprint density at radius 3 is 2.67 bits per heavy atom. The summed E-state index contributed by atoms with van der Waals surface area (Å²) < 4.78 is 5.22. The lowest BCUT2D eigenvalue weighted by Gasteiger charge is -2.14. The summed E-state index contributed by atoms with van der Waals surface area (Å²) in [6, 6.07) is 11.6. The SMILES string of the molecule is O=C(CCCCCNCC(O)c1ccc(O)c(CO)c1)OCCc1cccc(O)c1. The van der Waals surface area contributed by atoms with E-state index in [1.165, 1.54) is 6.07 Å². The molecular formula is C23H31NO6. The van der Waals surface area contributed by atoms with Gasteiger partial charge in [-0.05, 0) is 54.8 Å². The third kappa shape index (κ3) is 8.41. The first kappa shape index (κ1) is 23.7. The predicted octanol–water partition coefficient (Wildman–Crippen LogP) is 2.56. The van der Waals surface area contributed by atoms with Crippen molar-refractivity contribution in [2.24, 2.45) is 0 Å². The number of hydrogen-bond acceptors (Lipinski definition) is 7. The quantitative estimate of drug-likeness (QED) is 0.251. The molecule has 30 heavy (non-hydrogen) atoms. The van der Waals surface area contributed by atoms with Crippen LogP contribution in [0.15, 0.2) is 42.5 Å². The van der Waals surface area contributed by atoms with Crippen molar-refractivity contribution < 1.29 is 30.0 Å². The van der Waals surface area contributed by atoms with Crippen LogP contribution >= 0.6 is 0 Å². The lowest BCUT2D eigenvalue weighted by atomic mass is 10.1. The van der Waals surface area contributed by atoms with Gasteiger partial charge < -0.3 is 30.5 Å². The van der Waals surface area contributed by atoms with Crippen LogP contribution in [0.5, 0.6) is 11.5 Å². The molecule has 0 spiro atoms. The summed E-state index contributed by atoms with van der Waals surface area (Å²) in [6.07, 6.45) is 2.72. The Morgan fingerprint density at radius 2 is 1.90 bits per heavy atom. The third-order valence-corrected chi connectivity index (χ3v) is 4.80. The number of benzene rings is 2. The van der Waals surface area contributed by atoms with Gasteiger partial charge >= 0.3 is 5.97 Å². The Bertz CT molecular complexity index is 795. The predicted molar refractivity (Wildman–Crippen MR) is 113 cm³/mol. The standard InChI is InChI=1S/C23H31NO6/c25-16-19-14-18(8-9-21(19)27)22(28)15-24-11-3-1-2-7-23(29)30-12-10-17-5-4-6-20(26)13-17/h4-6,8-9,13-14,22,24-28H,1-3,7,10-12,15-16H2. The van der Waals surface area contributed by atoms with Crippen LogP contribution in [0.2, 0.25) is 0 Å². The number of ether oxygens (including phenoxy) is 1. The molecule has 1 unspecified atom stereocenters. The van der Waals surface area contributed by atoms with Crippen LogP contribution in [0.1, 0.15) is 48.5 Å². The number of carbonyl (C=O) groups is 1. The lowest BCUT2D eigenvalue weighted by Crippen LogP contribution is -2.22. The van der Waals surface area contributed by atoms with Crippen LogP contribution in [0.4, 0.5) is 0 Å². The van der Waals surface area contributed by atoms with Crippen LogP contribution in [0.3, 0.4) is 0 Å². The van der Waals surface area contributed by atoms with Gasteiger partial charge in [0.1, 0.15) is 11.5 Å². The van der Waals surface area contributed by atoms with Gasteiger partial charge in [-0.15, -0.1) is 0 Å². The number of esters is 1. The van der Waals surface area contributed by atoms with E-state index in [0.717, 1.165) is 24.8 Å². The van der Waals surface area contributed by atoms with E-state index in [1.54, 1.807) is 30.3 Å². The van der Waals surface area contributed by atoms with E-state index in [1.807, 2.05) is 6.07 Å². The molecule has 2 aromatic rings. The fourth-order valence-corrected chi connectivity index (χ4v) is 3.06. The highest BCUT2D eigenvalue weighted by Crippen LogP contribution is 2.22. The van der Waals surface area contributed by atoms with Gasteiger partial charge in [0, 0.05) is 24.9 Å². The molecule has 7 nitrogen and oxygen atoms in total. The lowest BCUT2D eigenvalue weighted by molar-refractivity contribution is -0.143. The summed E-state index contributed by atoms with van der Waals surface area (Å²) in [5.74, 6) is 0.00258. The molecule has 0 aliphatic rings. The van der Waals surface area contributed by atoms with Crippen molar-refractivity contribution >= 4 is 5.97 Å².